The first-order chi connectivity index (χ1) is 13.1. The number of carbonyl (C=O) groups is 1. The zero-order chi connectivity index (χ0) is 19.5. The highest BCUT2D eigenvalue weighted by Gasteiger charge is 2.05. The molecule has 5 nitrogen and oxygen atoms in total. The lowest BCUT2D eigenvalue weighted by Gasteiger charge is -2.12. The van der Waals surface area contributed by atoms with Gasteiger partial charge in [0, 0.05) is 13.0 Å². The van der Waals surface area contributed by atoms with Crippen molar-refractivity contribution in [3.8, 4) is 17.2 Å². The maximum atomic E-state index is 12.0. The molecule has 0 saturated heterocycles. The minimum Gasteiger partial charge on any atom is -0.491 e. The Morgan fingerprint density at radius 3 is 2.30 bits per heavy atom. The van der Waals surface area contributed by atoms with E-state index in [1.54, 1.807) is 0 Å². The molecule has 0 aliphatic carbocycles. The Morgan fingerprint density at radius 1 is 1.00 bits per heavy atom. The predicted molar refractivity (Wildman–Crippen MR) is 106 cm³/mol. The summed E-state index contributed by atoms with van der Waals surface area (Å²) in [5.74, 6) is 2.29. The first-order valence-corrected chi connectivity index (χ1v) is 9.45. The van der Waals surface area contributed by atoms with Crippen LogP contribution in [0.5, 0.6) is 17.2 Å². The molecule has 0 bridgehead atoms. The first kappa shape index (κ1) is 20.6. The van der Waals surface area contributed by atoms with Crippen molar-refractivity contribution < 1.29 is 19.0 Å². The van der Waals surface area contributed by atoms with Crippen molar-refractivity contribution >= 4 is 5.91 Å². The van der Waals surface area contributed by atoms with Gasteiger partial charge in [-0.3, -0.25) is 4.79 Å². The van der Waals surface area contributed by atoms with Gasteiger partial charge < -0.3 is 19.5 Å². The Labute approximate surface area is 161 Å². The van der Waals surface area contributed by atoms with E-state index >= 15 is 0 Å². The average molecular weight is 371 g/mol. The second kappa shape index (κ2) is 11.1. The summed E-state index contributed by atoms with van der Waals surface area (Å²) in [5.41, 5.74) is 1.04. The molecule has 0 unspecified atom stereocenters. The smallest absolute Gasteiger partial charge is 0.220 e. The molecule has 0 aliphatic rings. The number of amides is 1. The second-order valence-electron chi connectivity index (χ2n) is 6.42. The molecule has 0 fully saturated rings. The summed E-state index contributed by atoms with van der Waals surface area (Å²) < 4.78 is 16.9. The van der Waals surface area contributed by atoms with Crippen LogP contribution in [0, 0.1) is 0 Å². The molecule has 0 aromatic heterocycles. The van der Waals surface area contributed by atoms with Gasteiger partial charge in [0.15, 0.2) is 11.5 Å². The number of para-hydroxylation sites is 2. The molecular weight excluding hydrogens is 342 g/mol. The van der Waals surface area contributed by atoms with Crippen molar-refractivity contribution in [2.75, 3.05) is 13.2 Å². The van der Waals surface area contributed by atoms with Crippen molar-refractivity contribution in [3.63, 3.8) is 0 Å². The maximum Gasteiger partial charge on any atom is 0.220 e. The molecule has 5 heteroatoms. The number of hydrogen-bond donors (Lipinski definition) is 1. The molecule has 1 N–H and O–H groups in total. The lowest BCUT2D eigenvalue weighted by Crippen LogP contribution is -2.23. The zero-order valence-corrected chi connectivity index (χ0v) is 16.4. The molecule has 2 rings (SSSR count). The highest BCUT2D eigenvalue weighted by Crippen LogP contribution is 2.26. The third-order valence-corrected chi connectivity index (χ3v) is 3.74. The SMILES string of the molecule is CCOc1ccccc1OCCCC(=O)NCc1ccc(OC(C)C)cc1. The summed E-state index contributed by atoms with van der Waals surface area (Å²) in [4.78, 5) is 12.0. The molecule has 0 heterocycles. The monoisotopic (exact) mass is 371 g/mol. The van der Waals surface area contributed by atoms with E-state index in [1.165, 1.54) is 0 Å². The van der Waals surface area contributed by atoms with Gasteiger partial charge in [0.25, 0.3) is 0 Å². The largest absolute Gasteiger partial charge is 0.491 e. The lowest BCUT2D eigenvalue weighted by atomic mass is 10.2. The topological polar surface area (TPSA) is 56.8 Å². The van der Waals surface area contributed by atoms with E-state index in [0.29, 0.717) is 38.3 Å². The van der Waals surface area contributed by atoms with Crippen LogP contribution in [0.3, 0.4) is 0 Å². The predicted octanol–water partition coefficient (Wildman–Crippen LogP) is 4.35. The summed E-state index contributed by atoms with van der Waals surface area (Å²) >= 11 is 0. The summed E-state index contributed by atoms with van der Waals surface area (Å²) in [5, 5.41) is 2.93. The highest BCUT2D eigenvalue weighted by molar-refractivity contribution is 5.75. The van der Waals surface area contributed by atoms with Crippen molar-refractivity contribution in [3.05, 3.63) is 54.1 Å². The zero-order valence-electron chi connectivity index (χ0n) is 16.4. The van der Waals surface area contributed by atoms with E-state index in [9.17, 15) is 4.79 Å². The molecule has 0 saturated carbocycles. The number of nitrogens with one attached hydrogen (secondary N) is 1. The van der Waals surface area contributed by atoms with Crippen molar-refractivity contribution in [1.29, 1.82) is 0 Å². The number of benzene rings is 2. The Balaban J connectivity index is 1.66. The summed E-state index contributed by atoms with van der Waals surface area (Å²) in [6.45, 7) is 7.49. The van der Waals surface area contributed by atoms with Gasteiger partial charge in [0.05, 0.1) is 19.3 Å². The lowest BCUT2D eigenvalue weighted by molar-refractivity contribution is -0.121. The Morgan fingerprint density at radius 2 is 1.67 bits per heavy atom. The van der Waals surface area contributed by atoms with Crippen molar-refractivity contribution in [2.24, 2.45) is 0 Å². The molecule has 2 aromatic carbocycles. The van der Waals surface area contributed by atoms with Gasteiger partial charge in [-0.1, -0.05) is 24.3 Å². The Bertz CT molecular complexity index is 698. The van der Waals surface area contributed by atoms with Crippen LogP contribution in [0.1, 0.15) is 39.2 Å². The van der Waals surface area contributed by atoms with Crippen molar-refractivity contribution in [1.82, 2.24) is 5.32 Å². The van der Waals surface area contributed by atoms with E-state index in [4.69, 9.17) is 14.2 Å². The van der Waals surface area contributed by atoms with Crippen LogP contribution in [0.4, 0.5) is 0 Å². The number of hydrogen-bond acceptors (Lipinski definition) is 4. The van der Waals surface area contributed by atoms with Gasteiger partial charge in [-0.15, -0.1) is 0 Å². The second-order valence-corrected chi connectivity index (χ2v) is 6.42. The van der Waals surface area contributed by atoms with Crippen LogP contribution in [-0.2, 0) is 11.3 Å². The maximum absolute atomic E-state index is 12.0. The fourth-order valence-electron chi connectivity index (χ4n) is 2.51. The van der Waals surface area contributed by atoms with E-state index in [-0.39, 0.29) is 12.0 Å². The molecule has 27 heavy (non-hydrogen) atoms. The van der Waals surface area contributed by atoms with Gasteiger partial charge in [-0.25, -0.2) is 0 Å². The quantitative estimate of drug-likeness (QED) is 0.597. The number of ether oxygens (including phenoxy) is 3. The molecule has 0 aliphatic heterocycles. The van der Waals surface area contributed by atoms with Gasteiger partial charge in [-0.2, -0.15) is 0 Å². The molecule has 1 amide bonds. The third kappa shape index (κ3) is 7.60. The summed E-state index contributed by atoms with van der Waals surface area (Å²) in [6, 6.07) is 15.3. The van der Waals surface area contributed by atoms with E-state index in [2.05, 4.69) is 5.32 Å². The van der Waals surface area contributed by atoms with Gasteiger partial charge in [-0.05, 0) is 57.0 Å². The number of carbonyl (C=O) groups excluding carboxylic acids is 1. The number of rotatable bonds is 11. The van der Waals surface area contributed by atoms with E-state index in [1.807, 2.05) is 69.3 Å². The van der Waals surface area contributed by atoms with Crippen molar-refractivity contribution in [2.45, 2.75) is 46.3 Å². The molecule has 2 aromatic rings. The van der Waals surface area contributed by atoms with Crippen LogP contribution < -0.4 is 19.5 Å². The molecule has 0 spiro atoms. The minimum atomic E-state index is 0.0131. The van der Waals surface area contributed by atoms with Gasteiger partial charge in [0.2, 0.25) is 5.91 Å². The first-order valence-electron chi connectivity index (χ1n) is 9.45. The van der Waals surface area contributed by atoms with Gasteiger partial charge >= 0.3 is 0 Å². The molecule has 146 valence electrons. The van der Waals surface area contributed by atoms with Crippen LogP contribution in [0.15, 0.2) is 48.5 Å². The van der Waals surface area contributed by atoms with E-state index in [0.717, 1.165) is 17.1 Å². The molecular formula is C22H29NO4. The molecule has 0 atom stereocenters. The van der Waals surface area contributed by atoms with Crippen LogP contribution in [-0.4, -0.2) is 25.2 Å². The molecule has 0 radical (unpaired) electrons. The fourth-order valence-corrected chi connectivity index (χ4v) is 2.51. The fraction of sp³-hybridized carbons (Fsp3) is 0.409. The van der Waals surface area contributed by atoms with Gasteiger partial charge in [0.1, 0.15) is 5.75 Å². The van der Waals surface area contributed by atoms with E-state index < -0.39 is 0 Å². The van der Waals surface area contributed by atoms with Crippen LogP contribution >= 0.6 is 0 Å². The normalized spacial score (nSPS) is 10.5. The summed E-state index contributed by atoms with van der Waals surface area (Å²) in [7, 11) is 0. The minimum absolute atomic E-state index is 0.0131. The van der Waals surface area contributed by atoms with Crippen LogP contribution in [0.25, 0.3) is 0 Å². The Hall–Kier alpha value is -2.69. The highest BCUT2D eigenvalue weighted by atomic mass is 16.5. The standard InChI is InChI=1S/C22H29NO4/c1-4-25-20-8-5-6-9-21(20)26-15-7-10-22(24)23-16-18-11-13-19(14-12-18)27-17(2)3/h5-6,8-9,11-14,17H,4,7,10,15-16H2,1-3H3,(H,23,24). The average Bonchev–Trinajstić information content (AvgIpc) is 2.65. The van der Waals surface area contributed by atoms with Crippen LogP contribution in [0.2, 0.25) is 0 Å². The third-order valence-electron chi connectivity index (χ3n) is 3.74. The summed E-state index contributed by atoms with van der Waals surface area (Å²) in [6.07, 6.45) is 1.22. The Kier molecular flexibility index (Phi) is 8.49.